The van der Waals surface area contributed by atoms with Gasteiger partial charge in [0.2, 0.25) is 5.91 Å². The van der Waals surface area contributed by atoms with Crippen LogP contribution in [0.2, 0.25) is 0 Å². The Morgan fingerprint density at radius 1 is 1.19 bits per heavy atom. The average Bonchev–Trinajstić information content (AvgIpc) is 2.83. The molecule has 3 heterocycles. The van der Waals surface area contributed by atoms with Crippen LogP contribution in [0.15, 0.2) is 6.07 Å². The zero-order valence-corrected chi connectivity index (χ0v) is 16.6. The van der Waals surface area contributed by atoms with Crippen LogP contribution in [0.1, 0.15) is 42.9 Å². The maximum atomic E-state index is 12.8. The normalized spacial score (nSPS) is 25.1. The zero-order chi connectivity index (χ0) is 19.2. The van der Waals surface area contributed by atoms with Crippen molar-refractivity contribution in [3.63, 3.8) is 0 Å². The number of amides is 1. The molecule has 0 radical (unpaired) electrons. The highest BCUT2D eigenvalue weighted by atomic mass is 16.5. The van der Waals surface area contributed by atoms with E-state index in [1.54, 1.807) is 0 Å². The Bertz CT molecular complexity index is 613. The highest BCUT2D eigenvalue weighted by Crippen LogP contribution is 2.22. The number of nitrogens with zero attached hydrogens (tertiary/aromatic N) is 3. The first-order valence-electron chi connectivity index (χ1n) is 10.2. The number of ether oxygens (including phenoxy) is 1. The summed E-state index contributed by atoms with van der Waals surface area (Å²) in [6, 6.07) is 2.60. The molecule has 2 fully saturated rings. The molecule has 2 aliphatic heterocycles. The van der Waals surface area contributed by atoms with Gasteiger partial charge in [-0.25, -0.2) is 9.97 Å². The Kier molecular flexibility index (Phi) is 7.15. The van der Waals surface area contributed by atoms with Gasteiger partial charge in [-0.15, -0.1) is 0 Å². The highest BCUT2D eigenvalue weighted by molar-refractivity contribution is 5.78. The summed E-state index contributed by atoms with van der Waals surface area (Å²) in [6.07, 6.45) is 4.48. The molecule has 27 heavy (non-hydrogen) atoms. The van der Waals surface area contributed by atoms with E-state index in [1.165, 1.54) is 0 Å². The van der Waals surface area contributed by atoms with Gasteiger partial charge in [0, 0.05) is 62.7 Å². The summed E-state index contributed by atoms with van der Waals surface area (Å²) < 4.78 is 5.49. The zero-order valence-electron chi connectivity index (χ0n) is 16.6. The van der Waals surface area contributed by atoms with Gasteiger partial charge in [-0.3, -0.25) is 9.69 Å². The Morgan fingerprint density at radius 2 is 1.89 bits per heavy atom. The van der Waals surface area contributed by atoms with Crippen molar-refractivity contribution in [3.8, 4) is 0 Å². The van der Waals surface area contributed by atoms with E-state index in [1.807, 2.05) is 19.9 Å². The van der Waals surface area contributed by atoms with Gasteiger partial charge >= 0.3 is 0 Å². The minimum atomic E-state index is 0.00144. The average molecular weight is 376 g/mol. The van der Waals surface area contributed by atoms with Crippen molar-refractivity contribution in [2.75, 3.05) is 32.8 Å². The lowest BCUT2D eigenvalue weighted by molar-refractivity contribution is -0.125. The van der Waals surface area contributed by atoms with E-state index in [2.05, 4.69) is 20.2 Å². The van der Waals surface area contributed by atoms with Gasteiger partial charge in [0.25, 0.3) is 0 Å². The molecule has 150 valence electrons. The van der Waals surface area contributed by atoms with E-state index in [0.29, 0.717) is 19.0 Å². The van der Waals surface area contributed by atoms with Crippen molar-refractivity contribution < 1.29 is 9.53 Å². The topological polar surface area (TPSA) is 93.4 Å². The van der Waals surface area contributed by atoms with Gasteiger partial charge in [0.05, 0.1) is 5.92 Å². The number of aryl methyl sites for hydroxylation is 2. The van der Waals surface area contributed by atoms with Crippen LogP contribution in [0.4, 0.5) is 0 Å². The summed E-state index contributed by atoms with van der Waals surface area (Å²) in [6.45, 7) is 7.80. The Hall–Kier alpha value is -1.57. The molecule has 7 nitrogen and oxygen atoms in total. The van der Waals surface area contributed by atoms with Crippen molar-refractivity contribution in [2.45, 2.75) is 58.0 Å². The fourth-order valence-electron chi connectivity index (χ4n) is 4.17. The minimum Gasteiger partial charge on any atom is -0.381 e. The molecule has 3 N–H and O–H groups in total. The Morgan fingerprint density at radius 3 is 2.59 bits per heavy atom. The molecule has 0 spiro atoms. The summed E-state index contributed by atoms with van der Waals surface area (Å²) in [5.41, 5.74) is 8.21. The summed E-state index contributed by atoms with van der Waals surface area (Å²) in [7, 11) is 0. The second kappa shape index (κ2) is 9.57. The molecule has 1 amide bonds. The predicted octanol–water partition coefficient (Wildman–Crippen LogP) is 0.970. The molecule has 7 heteroatoms. The van der Waals surface area contributed by atoms with E-state index in [4.69, 9.17) is 10.5 Å². The molecule has 1 aromatic rings. The molecule has 0 bridgehead atoms. The maximum Gasteiger partial charge on any atom is 0.224 e. The molecular formula is C20H33N5O2. The number of carbonyl (C=O) groups excluding carboxylic acids is 1. The third-order valence-corrected chi connectivity index (χ3v) is 5.56. The number of likely N-dealkylation sites (tertiary alicyclic amines) is 1. The molecular weight excluding hydrogens is 342 g/mol. The first-order chi connectivity index (χ1) is 13.0. The van der Waals surface area contributed by atoms with Crippen molar-refractivity contribution in [2.24, 2.45) is 11.7 Å². The van der Waals surface area contributed by atoms with Crippen LogP contribution < -0.4 is 11.1 Å². The summed E-state index contributed by atoms with van der Waals surface area (Å²) in [4.78, 5) is 24.1. The number of aromatic nitrogens is 2. The van der Waals surface area contributed by atoms with Gasteiger partial charge in [-0.1, -0.05) is 0 Å². The lowest BCUT2D eigenvalue weighted by Crippen LogP contribution is -2.47. The van der Waals surface area contributed by atoms with Crippen LogP contribution in [0.25, 0.3) is 0 Å². The third kappa shape index (κ3) is 5.96. The molecule has 0 aromatic carbocycles. The summed E-state index contributed by atoms with van der Waals surface area (Å²) in [5, 5.41) is 3.09. The monoisotopic (exact) mass is 375 g/mol. The van der Waals surface area contributed by atoms with Gasteiger partial charge in [-0.2, -0.15) is 0 Å². The third-order valence-electron chi connectivity index (χ3n) is 5.56. The molecule has 2 saturated heterocycles. The first kappa shape index (κ1) is 20.2. The molecule has 0 aliphatic carbocycles. The van der Waals surface area contributed by atoms with Crippen LogP contribution in [-0.2, 0) is 16.0 Å². The summed E-state index contributed by atoms with van der Waals surface area (Å²) in [5.74, 6) is 0.923. The highest BCUT2D eigenvalue weighted by Gasteiger charge is 2.31. The van der Waals surface area contributed by atoms with Crippen molar-refractivity contribution in [1.29, 1.82) is 0 Å². The smallest absolute Gasteiger partial charge is 0.224 e. The SMILES string of the molecule is Cc1cc(C)nc(CCNC(=O)[C@@H]2CC[C@H](N)CN(C3CCOCC3)C2)n1. The van der Waals surface area contributed by atoms with E-state index in [9.17, 15) is 4.79 Å². The van der Waals surface area contributed by atoms with Gasteiger partial charge in [0.15, 0.2) is 0 Å². The van der Waals surface area contributed by atoms with Gasteiger partial charge < -0.3 is 15.8 Å². The lowest BCUT2D eigenvalue weighted by atomic mass is 10.0. The number of carbonyl (C=O) groups is 1. The van der Waals surface area contributed by atoms with Crippen LogP contribution in [0.3, 0.4) is 0 Å². The number of nitrogens with two attached hydrogens (primary N) is 1. The summed E-state index contributed by atoms with van der Waals surface area (Å²) >= 11 is 0. The quantitative estimate of drug-likeness (QED) is 0.797. The molecule has 0 saturated carbocycles. The number of hydrogen-bond acceptors (Lipinski definition) is 6. The van der Waals surface area contributed by atoms with Crippen molar-refractivity contribution in [3.05, 3.63) is 23.3 Å². The van der Waals surface area contributed by atoms with Crippen LogP contribution in [0.5, 0.6) is 0 Å². The number of hydrogen-bond donors (Lipinski definition) is 2. The predicted molar refractivity (Wildman–Crippen MR) is 104 cm³/mol. The van der Waals surface area contributed by atoms with Crippen LogP contribution >= 0.6 is 0 Å². The van der Waals surface area contributed by atoms with Crippen LogP contribution in [0, 0.1) is 19.8 Å². The molecule has 0 unspecified atom stereocenters. The van der Waals surface area contributed by atoms with E-state index >= 15 is 0 Å². The standard InChI is InChI=1S/C20H33N5O2/c1-14-11-15(2)24-19(23-14)5-8-22-20(26)16-3-4-17(21)13-25(12-16)18-6-9-27-10-7-18/h11,16-18H,3-10,12-13,21H2,1-2H3,(H,22,26)/t16-,17+/m1/s1. The Balaban J connectivity index is 1.52. The van der Waals surface area contributed by atoms with Crippen molar-refractivity contribution in [1.82, 2.24) is 20.2 Å². The molecule has 3 rings (SSSR count). The van der Waals surface area contributed by atoms with E-state index < -0.39 is 0 Å². The van der Waals surface area contributed by atoms with Gasteiger partial charge in [-0.05, 0) is 45.6 Å². The van der Waals surface area contributed by atoms with E-state index in [0.717, 1.165) is 69.2 Å². The second-order valence-corrected chi connectivity index (χ2v) is 7.94. The van der Waals surface area contributed by atoms with Crippen LogP contribution in [-0.4, -0.2) is 65.7 Å². The fraction of sp³-hybridized carbons (Fsp3) is 0.750. The minimum absolute atomic E-state index is 0.00144. The van der Waals surface area contributed by atoms with E-state index in [-0.39, 0.29) is 17.9 Å². The van der Waals surface area contributed by atoms with Crippen molar-refractivity contribution >= 4 is 5.91 Å². The first-order valence-corrected chi connectivity index (χ1v) is 10.2. The Labute approximate surface area is 162 Å². The fourth-order valence-corrected chi connectivity index (χ4v) is 4.17. The molecule has 2 aliphatic rings. The molecule has 2 atom stereocenters. The second-order valence-electron chi connectivity index (χ2n) is 7.94. The lowest BCUT2D eigenvalue weighted by Gasteiger charge is -2.35. The largest absolute Gasteiger partial charge is 0.381 e. The number of nitrogens with one attached hydrogen (secondary N) is 1. The van der Waals surface area contributed by atoms with Gasteiger partial charge in [0.1, 0.15) is 5.82 Å². The molecule has 1 aromatic heterocycles. The number of rotatable bonds is 5. The maximum absolute atomic E-state index is 12.8.